The van der Waals surface area contributed by atoms with Gasteiger partial charge < -0.3 is 0 Å². The van der Waals surface area contributed by atoms with Gasteiger partial charge in [0.1, 0.15) is 0 Å². The third-order valence-electron chi connectivity index (χ3n) is 3.39. The van der Waals surface area contributed by atoms with Gasteiger partial charge in [-0.05, 0) is 44.5 Å². The first-order valence-corrected chi connectivity index (χ1v) is 5.55. The molecule has 74 valence electrons. The molecule has 0 amide bonds. The predicted octanol–water partition coefficient (Wildman–Crippen LogP) is 4.58. The molecule has 0 heterocycles. The second-order valence-electron chi connectivity index (χ2n) is 4.32. The monoisotopic (exact) mass is 202 g/mol. The molecule has 0 unspecified atom stereocenters. The van der Waals surface area contributed by atoms with E-state index in [0.717, 1.165) is 0 Å². The molecule has 0 radical (unpaired) electrons. The zero-order chi connectivity index (χ0) is 10.5. The van der Waals surface area contributed by atoms with Crippen LogP contribution in [0.5, 0.6) is 0 Å². The van der Waals surface area contributed by atoms with Crippen molar-refractivity contribution in [1.82, 2.24) is 0 Å². The molecule has 5 rings (SSSR count). The van der Waals surface area contributed by atoms with Gasteiger partial charge in [0, 0.05) is 0 Å². The van der Waals surface area contributed by atoms with E-state index >= 15 is 0 Å². The minimum atomic E-state index is 1.32. The Balaban J connectivity index is 2.35. The maximum absolute atomic E-state index is 2.30. The first-order chi connectivity index (χ1) is 7.92. The largest absolute Gasteiger partial charge is 0.0616 e. The number of rotatable bonds is 0. The average molecular weight is 202 g/mol. The highest BCUT2D eigenvalue weighted by atomic mass is 14.1. The smallest absolute Gasteiger partial charge is 0.00990 e. The van der Waals surface area contributed by atoms with E-state index in [1.54, 1.807) is 0 Å². The summed E-state index contributed by atoms with van der Waals surface area (Å²) < 4.78 is 0. The van der Waals surface area contributed by atoms with Crippen molar-refractivity contribution in [2.24, 2.45) is 0 Å². The summed E-state index contributed by atoms with van der Waals surface area (Å²) >= 11 is 0. The van der Waals surface area contributed by atoms with Crippen LogP contribution in [-0.2, 0) is 0 Å². The van der Waals surface area contributed by atoms with Crippen LogP contribution in [0.2, 0.25) is 0 Å². The zero-order valence-electron chi connectivity index (χ0n) is 8.77. The van der Waals surface area contributed by atoms with Crippen molar-refractivity contribution in [3.05, 3.63) is 60.7 Å². The van der Waals surface area contributed by atoms with Crippen LogP contribution in [0.4, 0.5) is 0 Å². The van der Waals surface area contributed by atoms with Crippen LogP contribution in [0.25, 0.3) is 32.3 Å². The van der Waals surface area contributed by atoms with Gasteiger partial charge >= 0.3 is 0 Å². The maximum Gasteiger partial charge on any atom is -0.00990 e. The van der Waals surface area contributed by atoms with Crippen LogP contribution in [0, 0.1) is 0 Å². The summed E-state index contributed by atoms with van der Waals surface area (Å²) in [6.07, 6.45) is 0. The molecule has 16 heavy (non-hydrogen) atoms. The summed E-state index contributed by atoms with van der Waals surface area (Å²) in [7, 11) is 0. The van der Waals surface area contributed by atoms with E-state index in [0.29, 0.717) is 0 Å². The van der Waals surface area contributed by atoms with E-state index < -0.39 is 0 Å². The Morgan fingerprint density at radius 1 is 0.438 bits per heavy atom. The van der Waals surface area contributed by atoms with Crippen molar-refractivity contribution < 1.29 is 0 Å². The number of hydrogen-bond donors (Lipinski definition) is 0. The Labute approximate surface area is 93.5 Å². The van der Waals surface area contributed by atoms with E-state index in [-0.39, 0.29) is 0 Å². The summed E-state index contributed by atoms with van der Waals surface area (Å²) in [5.41, 5.74) is 0. The molecule has 0 nitrogen and oxygen atoms in total. The number of benzene rings is 5. The molecule has 5 aromatic carbocycles. The van der Waals surface area contributed by atoms with Gasteiger partial charge in [0.2, 0.25) is 0 Å². The van der Waals surface area contributed by atoms with Gasteiger partial charge in [0.15, 0.2) is 0 Å². The lowest BCUT2D eigenvalue weighted by Gasteiger charge is -2.08. The Morgan fingerprint density at radius 2 is 0.875 bits per heavy atom. The number of fused-ring (bicyclic) bond motifs is 3. The van der Waals surface area contributed by atoms with Crippen LogP contribution in [0.15, 0.2) is 60.7 Å². The molecule has 0 aliphatic carbocycles. The fraction of sp³-hybridized carbons (Fsp3) is 0. The zero-order valence-corrected chi connectivity index (χ0v) is 8.77. The van der Waals surface area contributed by atoms with E-state index in [1.165, 1.54) is 32.3 Å². The van der Waals surface area contributed by atoms with Crippen molar-refractivity contribution >= 4 is 32.3 Å². The SMILES string of the molecule is c1ccc2cc3c4ccc(cc4)c3cc2c1. The van der Waals surface area contributed by atoms with E-state index in [9.17, 15) is 0 Å². The van der Waals surface area contributed by atoms with Gasteiger partial charge in [-0.15, -0.1) is 0 Å². The molecule has 0 saturated carbocycles. The maximum atomic E-state index is 2.30. The molecule has 5 aromatic rings. The fourth-order valence-corrected chi connectivity index (χ4v) is 2.55. The van der Waals surface area contributed by atoms with E-state index in [1.807, 2.05) is 0 Å². The molecular formula is C16H10. The molecule has 0 heteroatoms. The summed E-state index contributed by atoms with van der Waals surface area (Å²) in [5.74, 6) is 0. The van der Waals surface area contributed by atoms with Crippen LogP contribution < -0.4 is 0 Å². The van der Waals surface area contributed by atoms with Crippen molar-refractivity contribution in [2.75, 3.05) is 0 Å². The second kappa shape index (κ2) is 2.73. The highest BCUT2D eigenvalue weighted by Gasteiger charge is 2.03. The molecule has 0 aliphatic heterocycles. The summed E-state index contributed by atoms with van der Waals surface area (Å²) in [6.45, 7) is 0. The topological polar surface area (TPSA) is 0 Å². The normalized spacial score (nSPS) is 11.8. The number of hydrogen-bond acceptors (Lipinski definition) is 0. The molecule has 2 bridgehead atoms. The van der Waals surface area contributed by atoms with Crippen LogP contribution in [0.1, 0.15) is 0 Å². The third-order valence-corrected chi connectivity index (χ3v) is 3.39. The lowest BCUT2D eigenvalue weighted by atomic mass is 9.96. The Hall–Kier alpha value is -2.08. The van der Waals surface area contributed by atoms with Crippen molar-refractivity contribution in [1.29, 1.82) is 0 Å². The minimum absolute atomic E-state index is 1.32. The van der Waals surface area contributed by atoms with Crippen LogP contribution in [-0.4, -0.2) is 0 Å². The molecule has 0 atom stereocenters. The molecule has 0 N–H and O–H groups in total. The predicted molar refractivity (Wildman–Crippen MR) is 70.1 cm³/mol. The average Bonchev–Trinajstić information content (AvgIpc) is 2.38. The molecule has 0 aliphatic rings. The van der Waals surface area contributed by atoms with Crippen molar-refractivity contribution in [3.63, 3.8) is 0 Å². The van der Waals surface area contributed by atoms with Gasteiger partial charge in [0.05, 0.1) is 0 Å². The van der Waals surface area contributed by atoms with Crippen molar-refractivity contribution in [2.45, 2.75) is 0 Å². The Bertz CT molecular complexity index is 708. The van der Waals surface area contributed by atoms with E-state index in [2.05, 4.69) is 60.7 Å². The van der Waals surface area contributed by atoms with Gasteiger partial charge in [-0.3, -0.25) is 0 Å². The van der Waals surface area contributed by atoms with Gasteiger partial charge in [0.25, 0.3) is 0 Å². The molecule has 0 aromatic heterocycles. The van der Waals surface area contributed by atoms with Gasteiger partial charge in [-0.1, -0.05) is 48.5 Å². The fourth-order valence-electron chi connectivity index (χ4n) is 2.55. The highest BCUT2D eigenvalue weighted by molar-refractivity contribution is 6.14. The summed E-state index contributed by atoms with van der Waals surface area (Å²) in [6, 6.07) is 21.9. The van der Waals surface area contributed by atoms with Gasteiger partial charge in [-0.2, -0.15) is 0 Å². The second-order valence-corrected chi connectivity index (χ2v) is 4.32. The summed E-state index contributed by atoms with van der Waals surface area (Å²) in [5, 5.41) is 8.05. The highest BCUT2D eigenvalue weighted by Crippen LogP contribution is 2.31. The third kappa shape index (κ3) is 0.938. The Morgan fingerprint density at radius 3 is 1.31 bits per heavy atom. The molecule has 0 saturated heterocycles. The Kier molecular flexibility index (Phi) is 1.39. The van der Waals surface area contributed by atoms with Crippen LogP contribution >= 0.6 is 0 Å². The molecule has 0 fully saturated rings. The standard InChI is InChI=1S/C16H10/c1-2-4-14-10-16-12-7-5-11(6-8-12)15(16)9-13(14)3-1/h1-10H. The first kappa shape index (κ1) is 8.12. The van der Waals surface area contributed by atoms with Gasteiger partial charge in [-0.25, -0.2) is 0 Å². The molecule has 0 spiro atoms. The van der Waals surface area contributed by atoms with Crippen molar-refractivity contribution in [3.8, 4) is 0 Å². The minimum Gasteiger partial charge on any atom is -0.0616 e. The molecular weight excluding hydrogens is 192 g/mol. The van der Waals surface area contributed by atoms with E-state index in [4.69, 9.17) is 0 Å². The quantitative estimate of drug-likeness (QED) is 0.366. The lowest BCUT2D eigenvalue weighted by molar-refractivity contribution is 1.78. The lowest BCUT2D eigenvalue weighted by Crippen LogP contribution is -1.81. The van der Waals surface area contributed by atoms with Crippen LogP contribution in [0.3, 0.4) is 0 Å². The summed E-state index contributed by atoms with van der Waals surface area (Å²) in [4.78, 5) is 0. The first-order valence-electron chi connectivity index (χ1n) is 5.55.